The Bertz CT molecular complexity index is 672. The SMILES string of the molecule is O=C(O)COc1ccccc1NC(=O)c1cccc(I)c1. The second-order valence-electron chi connectivity index (χ2n) is 4.14. The fraction of sp³-hybridized carbons (Fsp3) is 0.0667. The van der Waals surface area contributed by atoms with E-state index in [1.807, 2.05) is 6.07 Å². The predicted molar refractivity (Wildman–Crippen MR) is 86.7 cm³/mol. The van der Waals surface area contributed by atoms with E-state index in [2.05, 4.69) is 27.9 Å². The van der Waals surface area contributed by atoms with E-state index in [1.165, 1.54) is 0 Å². The molecule has 2 aromatic carbocycles. The van der Waals surface area contributed by atoms with Crippen LogP contribution in [0.5, 0.6) is 5.75 Å². The topological polar surface area (TPSA) is 75.6 Å². The number of carboxylic acid groups (broad SMARTS) is 1. The van der Waals surface area contributed by atoms with Crippen LogP contribution >= 0.6 is 22.6 Å². The van der Waals surface area contributed by atoms with Crippen LogP contribution < -0.4 is 10.1 Å². The van der Waals surface area contributed by atoms with Crippen molar-refractivity contribution in [3.05, 3.63) is 57.7 Å². The molecule has 2 rings (SSSR count). The number of para-hydroxylation sites is 2. The number of aliphatic carboxylic acids is 1. The molecule has 0 radical (unpaired) electrons. The summed E-state index contributed by atoms with van der Waals surface area (Å²) in [6.45, 7) is -0.462. The van der Waals surface area contributed by atoms with E-state index in [4.69, 9.17) is 9.84 Å². The van der Waals surface area contributed by atoms with Crippen molar-refractivity contribution in [3.8, 4) is 5.75 Å². The Morgan fingerprint density at radius 1 is 1.14 bits per heavy atom. The van der Waals surface area contributed by atoms with E-state index in [0.29, 0.717) is 17.0 Å². The van der Waals surface area contributed by atoms with E-state index < -0.39 is 12.6 Å². The average molecular weight is 397 g/mol. The minimum absolute atomic E-state index is 0.278. The summed E-state index contributed by atoms with van der Waals surface area (Å²) in [5.41, 5.74) is 0.956. The van der Waals surface area contributed by atoms with Crippen LogP contribution in [0.3, 0.4) is 0 Å². The largest absolute Gasteiger partial charge is 0.480 e. The number of amides is 1. The molecule has 0 spiro atoms. The second-order valence-corrected chi connectivity index (χ2v) is 5.39. The van der Waals surface area contributed by atoms with Crippen LogP contribution in [0, 0.1) is 3.57 Å². The summed E-state index contributed by atoms with van der Waals surface area (Å²) in [7, 11) is 0. The molecule has 0 heterocycles. The van der Waals surface area contributed by atoms with Crippen LogP contribution in [0.2, 0.25) is 0 Å². The van der Waals surface area contributed by atoms with Crippen LogP contribution in [0.15, 0.2) is 48.5 Å². The molecule has 0 saturated heterocycles. The fourth-order valence-electron chi connectivity index (χ4n) is 1.66. The number of nitrogens with one attached hydrogen (secondary N) is 1. The average Bonchev–Trinajstić information content (AvgIpc) is 2.46. The summed E-state index contributed by atoms with van der Waals surface area (Å²) in [5.74, 6) is -1.03. The standard InChI is InChI=1S/C15H12INO4/c16-11-5-3-4-10(8-11)15(20)17-12-6-1-2-7-13(12)21-9-14(18)19/h1-8H,9H2,(H,17,20)(H,18,19). The van der Waals surface area contributed by atoms with Gasteiger partial charge in [0.2, 0.25) is 0 Å². The first-order valence-electron chi connectivity index (χ1n) is 6.07. The molecular formula is C15H12INO4. The van der Waals surface area contributed by atoms with Gasteiger partial charge in [-0.15, -0.1) is 0 Å². The minimum Gasteiger partial charge on any atom is -0.480 e. The van der Waals surface area contributed by atoms with Gasteiger partial charge in [-0.2, -0.15) is 0 Å². The Labute approximate surface area is 135 Å². The van der Waals surface area contributed by atoms with Gasteiger partial charge in [0, 0.05) is 9.13 Å². The zero-order valence-corrected chi connectivity index (χ0v) is 13.0. The van der Waals surface area contributed by atoms with Crippen molar-refractivity contribution < 1.29 is 19.4 Å². The maximum Gasteiger partial charge on any atom is 0.341 e. The van der Waals surface area contributed by atoms with Crippen molar-refractivity contribution in [2.24, 2.45) is 0 Å². The lowest BCUT2D eigenvalue weighted by Crippen LogP contribution is -2.15. The van der Waals surface area contributed by atoms with Crippen molar-refractivity contribution in [1.29, 1.82) is 0 Å². The number of carboxylic acids is 1. The van der Waals surface area contributed by atoms with Crippen molar-refractivity contribution in [1.82, 2.24) is 0 Å². The van der Waals surface area contributed by atoms with Gasteiger partial charge in [-0.05, 0) is 52.9 Å². The molecule has 1 amide bonds. The molecule has 5 nitrogen and oxygen atoms in total. The van der Waals surface area contributed by atoms with Crippen molar-refractivity contribution in [2.75, 3.05) is 11.9 Å². The Morgan fingerprint density at radius 3 is 2.62 bits per heavy atom. The van der Waals surface area contributed by atoms with Gasteiger partial charge in [0.15, 0.2) is 6.61 Å². The lowest BCUT2D eigenvalue weighted by molar-refractivity contribution is -0.139. The highest BCUT2D eigenvalue weighted by Gasteiger charge is 2.10. The number of hydrogen-bond donors (Lipinski definition) is 2. The molecular weight excluding hydrogens is 385 g/mol. The van der Waals surface area contributed by atoms with E-state index >= 15 is 0 Å². The number of carbonyl (C=O) groups is 2. The first kappa shape index (κ1) is 15.3. The molecule has 0 aliphatic carbocycles. The molecule has 0 aliphatic rings. The predicted octanol–water partition coefficient (Wildman–Crippen LogP) is 3.01. The molecule has 2 aromatic rings. The van der Waals surface area contributed by atoms with Gasteiger partial charge < -0.3 is 15.2 Å². The van der Waals surface area contributed by atoms with Gasteiger partial charge in [0.25, 0.3) is 5.91 Å². The number of ether oxygens (including phenoxy) is 1. The Kier molecular flexibility index (Phi) is 5.15. The summed E-state index contributed by atoms with van der Waals surface area (Å²) in [5, 5.41) is 11.4. The van der Waals surface area contributed by atoms with Crippen LogP contribution in [0.1, 0.15) is 10.4 Å². The Balaban J connectivity index is 2.15. The number of hydrogen-bond acceptors (Lipinski definition) is 3. The molecule has 6 heteroatoms. The van der Waals surface area contributed by atoms with Gasteiger partial charge >= 0.3 is 5.97 Å². The van der Waals surface area contributed by atoms with Crippen molar-refractivity contribution in [3.63, 3.8) is 0 Å². The molecule has 0 saturated carbocycles. The molecule has 0 aromatic heterocycles. The van der Waals surface area contributed by atoms with Gasteiger partial charge in [-0.3, -0.25) is 4.79 Å². The van der Waals surface area contributed by atoms with Crippen LogP contribution in [0.4, 0.5) is 5.69 Å². The maximum absolute atomic E-state index is 12.2. The third kappa shape index (κ3) is 4.45. The van der Waals surface area contributed by atoms with E-state index in [-0.39, 0.29) is 5.91 Å². The van der Waals surface area contributed by atoms with Crippen LogP contribution in [-0.2, 0) is 4.79 Å². The summed E-state index contributed by atoms with van der Waals surface area (Å²) >= 11 is 2.13. The maximum atomic E-state index is 12.2. The third-order valence-corrected chi connectivity index (χ3v) is 3.24. The van der Waals surface area contributed by atoms with Gasteiger partial charge in [-0.25, -0.2) is 4.79 Å². The Hall–Kier alpha value is -2.09. The highest BCUT2D eigenvalue weighted by molar-refractivity contribution is 14.1. The molecule has 0 atom stereocenters. The minimum atomic E-state index is -1.08. The summed E-state index contributed by atoms with van der Waals surface area (Å²) in [6, 6.07) is 13.9. The number of carbonyl (C=O) groups excluding carboxylic acids is 1. The lowest BCUT2D eigenvalue weighted by Gasteiger charge is -2.11. The number of anilines is 1. The summed E-state index contributed by atoms with van der Waals surface area (Å²) in [4.78, 5) is 22.7. The highest BCUT2D eigenvalue weighted by Crippen LogP contribution is 2.24. The smallest absolute Gasteiger partial charge is 0.341 e. The van der Waals surface area contributed by atoms with E-state index in [0.717, 1.165) is 3.57 Å². The zero-order valence-electron chi connectivity index (χ0n) is 10.9. The number of rotatable bonds is 5. The monoisotopic (exact) mass is 397 g/mol. The van der Waals surface area contributed by atoms with Gasteiger partial charge in [0.1, 0.15) is 5.75 Å². The molecule has 0 unspecified atom stereocenters. The summed E-state index contributed by atoms with van der Waals surface area (Å²) < 4.78 is 6.10. The zero-order chi connectivity index (χ0) is 15.2. The van der Waals surface area contributed by atoms with Crippen molar-refractivity contribution in [2.45, 2.75) is 0 Å². The molecule has 0 fully saturated rings. The van der Waals surface area contributed by atoms with Gasteiger partial charge in [0.05, 0.1) is 5.69 Å². The lowest BCUT2D eigenvalue weighted by atomic mass is 10.2. The Morgan fingerprint density at radius 2 is 1.90 bits per heavy atom. The molecule has 2 N–H and O–H groups in total. The van der Waals surface area contributed by atoms with Crippen molar-refractivity contribution >= 4 is 40.2 Å². The van der Waals surface area contributed by atoms with E-state index in [1.54, 1.807) is 42.5 Å². The summed E-state index contributed by atoms with van der Waals surface area (Å²) in [6.07, 6.45) is 0. The van der Waals surface area contributed by atoms with E-state index in [9.17, 15) is 9.59 Å². The van der Waals surface area contributed by atoms with Crippen LogP contribution in [0.25, 0.3) is 0 Å². The molecule has 21 heavy (non-hydrogen) atoms. The normalized spacial score (nSPS) is 9.95. The first-order valence-corrected chi connectivity index (χ1v) is 7.14. The fourth-order valence-corrected chi connectivity index (χ4v) is 2.20. The highest BCUT2D eigenvalue weighted by atomic mass is 127. The van der Waals surface area contributed by atoms with Crippen LogP contribution in [-0.4, -0.2) is 23.6 Å². The number of benzene rings is 2. The number of halogens is 1. The van der Waals surface area contributed by atoms with Gasteiger partial charge in [-0.1, -0.05) is 18.2 Å². The molecule has 108 valence electrons. The third-order valence-electron chi connectivity index (χ3n) is 2.57. The first-order chi connectivity index (χ1) is 10.1. The quantitative estimate of drug-likeness (QED) is 0.761. The molecule has 0 bridgehead atoms. The second kappa shape index (κ2) is 7.07. The molecule has 0 aliphatic heterocycles.